The summed E-state index contributed by atoms with van der Waals surface area (Å²) in [6.45, 7) is 3.05. The van der Waals surface area contributed by atoms with Crippen molar-refractivity contribution in [3.05, 3.63) is 59.7 Å². The Kier molecular flexibility index (Phi) is 7.37. The van der Waals surface area contributed by atoms with Crippen molar-refractivity contribution in [3.8, 4) is 0 Å². The van der Waals surface area contributed by atoms with E-state index >= 15 is 0 Å². The second kappa shape index (κ2) is 9.73. The lowest BCUT2D eigenvalue weighted by Crippen LogP contribution is -2.29. The molecule has 144 valence electrons. The van der Waals surface area contributed by atoms with Gasteiger partial charge in [0.05, 0.1) is 18.7 Å². The Balaban J connectivity index is 1.84. The number of nitrogens with zero attached hydrogens (tertiary/aromatic N) is 2. The van der Waals surface area contributed by atoms with Crippen LogP contribution in [0.15, 0.2) is 48.5 Å². The first-order chi connectivity index (χ1) is 12.9. The molecule has 0 heterocycles. The van der Waals surface area contributed by atoms with Gasteiger partial charge in [0.2, 0.25) is 5.91 Å². The second-order valence-electron chi connectivity index (χ2n) is 6.58. The van der Waals surface area contributed by atoms with E-state index in [-0.39, 0.29) is 18.4 Å². The molecular formula is C21H27N3O3. The number of esters is 1. The predicted molar refractivity (Wildman–Crippen MR) is 108 cm³/mol. The van der Waals surface area contributed by atoms with Crippen molar-refractivity contribution in [2.45, 2.75) is 13.5 Å². The summed E-state index contributed by atoms with van der Waals surface area (Å²) in [7, 11) is 5.92. The minimum Gasteiger partial charge on any atom is -0.462 e. The molecule has 2 rings (SSSR count). The van der Waals surface area contributed by atoms with E-state index in [1.165, 1.54) is 0 Å². The number of nitrogens with one attached hydrogen (secondary N) is 1. The van der Waals surface area contributed by atoms with Gasteiger partial charge >= 0.3 is 5.97 Å². The Morgan fingerprint density at radius 2 is 1.59 bits per heavy atom. The van der Waals surface area contributed by atoms with Gasteiger partial charge in [-0.05, 0) is 55.9 Å². The van der Waals surface area contributed by atoms with E-state index in [9.17, 15) is 9.59 Å². The third kappa shape index (κ3) is 6.42. The molecule has 0 saturated heterocycles. The summed E-state index contributed by atoms with van der Waals surface area (Å²) in [5, 5.41) is 2.84. The van der Waals surface area contributed by atoms with Gasteiger partial charge in [-0.1, -0.05) is 12.1 Å². The maximum atomic E-state index is 12.2. The van der Waals surface area contributed by atoms with Gasteiger partial charge in [0, 0.05) is 32.0 Å². The molecule has 1 N–H and O–H groups in total. The number of anilines is 2. The van der Waals surface area contributed by atoms with E-state index in [1.54, 1.807) is 31.2 Å². The highest BCUT2D eigenvalue weighted by atomic mass is 16.5. The Morgan fingerprint density at radius 3 is 2.15 bits per heavy atom. The van der Waals surface area contributed by atoms with E-state index in [2.05, 4.69) is 29.6 Å². The van der Waals surface area contributed by atoms with E-state index in [0.29, 0.717) is 24.4 Å². The lowest BCUT2D eigenvalue weighted by atomic mass is 10.2. The quantitative estimate of drug-likeness (QED) is 0.725. The highest BCUT2D eigenvalue weighted by Gasteiger charge is 2.10. The van der Waals surface area contributed by atoms with Crippen LogP contribution in [0.25, 0.3) is 0 Å². The molecule has 0 unspecified atom stereocenters. The first-order valence-electron chi connectivity index (χ1n) is 8.91. The number of rotatable bonds is 8. The molecule has 0 aromatic heterocycles. The molecule has 2 aromatic rings. The largest absolute Gasteiger partial charge is 0.462 e. The van der Waals surface area contributed by atoms with Gasteiger partial charge in [-0.15, -0.1) is 0 Å². The van der Waals surface area contributed by atoms with E-state index in [4.69, 9.17) is 4.74 Å². The van der Waals surface area contributed by atoms with Crippen LogP contribution in [-0.4, -0.2) is 51.1 Å². The van der Waals surface area contributed by atoms with E-state index in [0.717, 1.165) is 11.3 Å². The van der Waals surface area contributed by atoms with Crippen LogP contribution >= 0.6 is 0 Å². The Hall–Kier alpha value is -2.86. The molecule has 0 aliphatic rings. The Morgan fingerprint density at radius 1 is 0.963 bits per heavy atom. The first kappa shape index (κ1) is 20.5. The molecule has 0 saturated carbocycles. The SMILES string of the molecule is CCOC(=O)c1ccc(NC(=O)CN(C)Cc2ccc(N(C)C)cc2)cc1. The molecule has 0 spiro atoms. The summed E-state index contributed by atoms with van der Waals surface area (Å²) >= 11 is 0. The fraction of sp³-hybridized carbons (Fsp3) is 0.333. The lowest BCUT2D eigenvalue weighted by Gasteiger charge is -2.18. The molecule has 0 radical (unpaired) electrons. The van der Waals surface area contributed by atoms with Crippen molar-refractivity contribution < 1.29 is 14.3 Å². The van der Waals surface area contributed by atoms with Crippen LogP contribution < -0.4 is 10.2 Å². The summed E-state index contributed by atoms with van der Waals surface area (Å²) in [5.41, 5.74) is 3.41. The van der Waals surface area contributed by atoms with Crippen LogP contribution in [0, 0.1) is 0 Å². The van der Waals surface area contributed by atoms with Crippen molar-refractivity contribution >= 4 is 23.3 Å². The maximum absolute atomic E-state index is 12.2. The average molecular weight is 369 g/mol. The molecule has 27 heavy (non-hydrogen) atoms. The zero-order valence-electron chi connectivity index (χ0n) is 16.4. The zero-order valence-corrected chi connectivity index (χ0v) is 16.4. The summed E-state index contributed by atoms with van der Waals surface area (Å²) in [6.07, 6.45) is 0. The molecule has 0 aliphatic heterocycles. The summed E-state index contributed by atoms with van der Waals surface area (Å²) in [6, 6.07) is 14.9. The normalized spacial score (nSPS) is 10.6. The first-order valence-corrected chi connectivity index (χ1v) is 8.91. The van der Waals surface area contributed by atoms with Crippen molar-refractivity contribution in [3.63, 3.8) is 0 Å². The monoisotopic (exact) mass is 369 g/mol. The van der Waals surface area contributed by atoms with E-state index < -0.39 is 0 Å². The zero-order chi connectivity index (χ0) is 19.8. The summed E-state index contributed by atoms with van der Waals surface area (Å²) < 4.78 is 4.94. The van der Waals surface area contributed by atoms with E-state index in [1.807, 2.05) is 30.9 Å². The minimum atomic E-state index is -0.365. The van der Waals surface area contributed by atoms with Gasteiger partial charge in [-0.25, -0.2) is 4.79 Å². The fourth-order valence-electron chi connectivity index (χ4n) is 2.62. The van der Waals surface area contributed by atoms with Crippen LogP contribution in [0.3, 0.4) is 0 Å². The second-order valence-corrected chi connectivity index (χ2v) is 6.58. The molecule has 6 nitrogen and oxygen atoms in total. The topological polar surface area (TPSA) is 61.9 Å². The van der Waals surface area contributed by atoms with Crippen LogP contribution in [0.5, 0.6) is 0 Å². The molecule has 0 aliphatic carbocycles. The average Bonchev–Trinajstić information content (AvgIpc) is 2.62. The highest BCUT2D eigenvalue weighted by molar-refractivity contribution is 5.94. The number of hydrogen-bond donors (Lipinski definition) is 1. The Bertz CT molecular complexity index is 755. The van der Waals surface area contributed by atoms with Gasteiger partial charge in [-0.2, -0.15) is 0 Å². The van der Waals surface area contributed by atoms with Crippen LogP contribution in [0.4, 0.5) is 11.4 Å². The van der Waals surface area contributed by atoms with Crippen LogP contribution in [0.2, 0.25) is 0 Å². The number of likely N-dealkylation sites (N-methyl/N-ethyl adjacent to an activating group) is 1. The number of benzene rings is 2. The standard InChI is InChI=1S/C21H27N3O3/c1-5-27-21(26)17-8-10-18(11-9-17)22-20(25)15-24(4)14-16-6-12-19(13-7-16)23(2)3/h6-13H,5,14-15H2,1-4H3,(H,22,25). The summed E-state index contributed by atoms with van der Waals surface area (Å²) in [5.74, 6) is -0.471. The maximum Gasteiger partial charge on any atom is 0.338 e. The van der Waals surface area contributed by atoms with Crippen molar-refractivity contribution in [1.29, 1.82) is 0 Å². The highest BCUT2D eigenvalue weighted by Crippen LogP contribution is 2.14. The molecule has 0 bridgehead atoms. The van der Waals surface area contributed by atoms with Gasteiger partial charge < -0.3 is 15.0 Å². The molecular weight excluding hydrogens is 342 g/mol. The number of hydrogen-bond acceptors (Lipinski definition) is 5. The van der Waals surface area contributed by atoms with Crippen molar-refractivity contribution in [1.82, 2.24) is 4.90 Å². The van der Waals surface area contributed by atoms with Crippen LogP contribution in [0.1, 0.15) is 22.8 Å². The molecule has 0 atom stereocenters. The van der Waals surface area contributed by atoms with Crippen molar-refractivity contribution in [2.24, 2.45) is 0 Å². The number of carbonyl (C=O) groups excluding carboxylic acids is 2. The molecule has 1 amide bonds. The third-order valence-corrected chi connectivity index (χ3v) is 4.00. The summed E-state index contributed by atoms with van der Waals surface area (Å²) in [4.78, 5) is 27.9. The van der Waals surface area contributed by atoms with Gasteiger partial charge in [0.1, 0.15) is 0 Å². The Labute approximate surface area is 160 Å². The van der Waals surface area contributed by atoms with Gasteiger partial charge in [0.15, 0.2) is 0 Å². The number of carbonyl (C=O) groups is 2. The fourth-order valence-corrected chi connectivity index (χ4v) is 2.62. The number of amides is 1. The minimum absolute atomic E-state index is 0.105. The van der Waals surface area contributed by atoms with Crippen molar-refractivity contribution in [2.75, 3.05) is 44.5 Å². The molecule has 6 heteroatoms. The van der Waals surface area contributed by atoms with Gasteiger partial charge in [-0.3, -0.25) is 9.69 Å². The lowest BCUT2D eigenvalue weighted by molar-refractivity contribution is -0.117. The third-order valence-electron chi connectivity index (χ3n) is 4.00. The number of ether oxygens (including phenoxy) is 1. The smallest absolute Gasteiger partial charge is 0.338 e. The van der Waals surface area contributed by atoms with Gasteiger partial charge in [0.25, 0.3) is 0 Å². The van der Waals surface area contributed by atoms with Crippen LogP contribution in [-0.2, 0) is 16.1 Å². The molecule has 2 aromatic carbocycles. The molecule has 0 fully saturated rings. The predicted octanol–water partition coefficient (Wildman–Crippen LogP) is 3.00.